The van der Waals surface area contributed by atoms with Crippen LogP contribution in [0.15, 0.2) is 46.8 Å². The zero-order chi connectivity index (χ0) is 28.8. The van der Waals surface area contributed by atoms with Gasteiger partial charge in [0.05, 0.1) is 17.0 Å². The van der Waals surface area contributed by atoms with Gasteiger partial charge in [0.2, 0.25) is 0 Å². The first-order chi connectivity index (χ1) is 19.0. The van der Waals surface area contributed by atoms with Crippen LogP contribution in [-0.4, -0.2) is 94.1 Å². The number of carbonyl (C=O) groups excluding carboxylic acids is 2. The van der Waals surface area contributed by atoms with Gasteiger partial charge in [-0.2, -0.15) is 0 Å². The van der Waals surface area contributed by atoms with E-state index < -0.39 is 6.17 Å². The Morgan fingerprint density at radius 3 is 2.60 bits per heavy atom. The maximum Gasteiger partial charge on any atom is 0.311 e. The molecular formula is C31H44FIN4O3. The third-order valence-electron chi connectivity index (χ3n) is 9.36. The highest BCUT2D eigenvalue weighted by molar-refractivity contribution is 14.1. The number of alkyl halides is 2. The minimum atomic E-state index is -0.917. The van der Waals surface area contributed by atoms with Crippen molar-refractivity contribution in [3.63, 3.8) is 0 Å². The largest absolute Gasteiger partial charge is 0.469 e. The van der Waals surface area contributed by atoms with Gasteiger partial charge in [-0.05, 0) is 64.2 Å². The van der Waals surface area contributed by atoms with E-state index in [0.717, 1.165) is 63.3 Å². The number of carbonyl (C=O) groups is 2. The molecule has 1 unspecified atom stereocenters. The molecule has 0 aromatic rings. The number of esters is 1. The van der Waals surface area contributed by atoms with E-state index >= 15 is 0 Å². The number of halogens is 2. The van der Waals surface area contributed by atoms with Gasteiger partial charge < -0.3 is 19.9 Å². The van der Waals surface area contributed by atoms with E-state index in [-0.39, 0.29) is 45.3 Å². The standard InChI is InChI=1S/C31H44FIN4O3/c1-19-23(30(39)40-5)15-24-28(34-19)10-13-37(29(24)38)22-8-11-35(12-9-22)16-21-17-36(31(2,3)4)18-25(21)20-6-7-26(32)27(33)14-20/h6-7,14,17,19,22-23,25-27,34H,8-13,15-16,18H2,1-5H3/t19-,23-,25+,26+,27?/m0/s1. The van der Waals surface area contributed by atoms with Crippen LogP contribution in [-0.2, 0) is 14.3 Å². The molecule has 4 aliphatic heterocycles. The molecule has 0 aromatic carbocycles. The van der Waals surface area contributed by atoms with Crippen LogP contribution in [0.4, 0.5) is 4.39 Å². The quantitative estimate of drug-likeness (QED) is 0.268. The van der Waals surface area contributed by atoms with Crippen LogP contribution in [0.5, 0.6) is 0 Å². The van der Waals surface area contributed by atoms with Gasteiger partial charge >= 0.3 is 5.97 Å². The van der Waals surface area contributed by atoms with Gasteiger partial charge in [0, 0.05) is 80.2 Å². The summed E-state index contributed by atoms with van der Waals surface area (Å²) in [5.41, 5.74) is 4.42. The Labute approximate surface area is 252 Å². The maximum atomic E-state index is 14.1. The molecule has 0 saturated carbocycles. The molecule has 1 fully saturated rings. The summed E-state index contributed by atoms with van der Waals surface area (Å²) in [6, 6.07) is 0.191. The Hall–Kier alpha value is -1.88. The van der Waals surface area contributed by atoms with Crippen LogP contribution in [0.25, 0.3) is 0 Å². The molecule has 5 aliphatic rings. The van der Waals surface area contributed by atoms with E-state index in [9.17, 15) is 14.0 Å². The highest BCUT2D eigenvalue weighted by atomic mass is 127. The van der Waals surface area contributed by atoms with Crippen molar-refractivity contribution in [2.45, 2.75) is 81.1 Å². The van der Waals surface area contributed by atoms with E-state index in [1.54, 1.807) is 6.08 Å². The third kappa shape index (κ3) is 6.01. The van der Waals surface area contributed by atoms with Gasteiger partial charge in [0.25, 0.3) is 5.91 Å². The number of hydrogen-bond donors (Lipinski definition) is 1. The summed E-state index contributed by atoms with van der Waals surface area (Å²) < 4.78 is 19.0. The Kier molecular flexibility index (Phi) is 8.72. The summed E-state index contributed by atoms with van der Waals surface area (Å²) in [5.74, 6) is -0.228. The average molecular weight is 667 g/mol. The van der Waals surface area contributed by atoms with E-state index in [2.05, 4.69) is 75.7 Å². The second kappa shape index (κ2) is 11.8. The summed E-state index contributed by atoms with van der Waals surface area (Å²) in [4.78, 5) is 32.9. The lowest BCUT2D eigenvalue weighted by molar-refractivity contribution is -0.146. The lowest BCUT2D eigenvalue weighted by Crippen LogP contribution is -2.53. The highest BCUT2D eigenvalue weighted by Crippen LogP contribution is 2.37. The smallest absolute Gasteiger partial charge is 0.311 e. The normalized spacial score (nSPS) is 32.1. The topological polar surface area (TPSA) is 65.1 Å². The number of methoxy groups -OCH3 is 1. The zero-order valence-electron chi connectivity index (χ0n) is 24.5. The predicted octanol–water partition coefficient (Wildman–Crippen LogP) is 4.36. The molecule has 4 heterocycles. The molecule has 1 N–H and O–H groups in total. The molecule has 5 rings (SSSR count). The first-order valence-corrected chi connectivity index (χ1v) is 16.0. The van der Waals surface area contributed by atoms with Crippen LogP contribution < -0.4 is 5.32 Å². The van der Waals surface area contributed by atoms with Crippen LogP contribution in [0.1, 0.15) is 53.4 Å². The van der Waals surface area contributed by atoms with Crippen LogP contribution in [0, 0.1) is 11.8 Å². The zero-order valence-corrected chi connectivity index (χ0v) is 26.6. The minimum absolute atomic E-state index is 0.0269. The molecular weight excluding hydrogens is 622 g/mol. The van der Waals surface area contributed by atoms with Crippen molar-refractivity contribution in [3.8, 4) is 0 Å². The highest BCUT2D eigenvalue weighted by Gasteiger charge is 2.41. The van der Waals surface area contributed by atoms with Gasteiger partial charge in [-0.1, -0.05) is 34.7 Å². The lowest BCUT2D eigenvalue weighted by atomic mass is 9.84. The number of hydrogen-bond acceptors (Lipinski definition) is 6. The fourth-order valence-electron chi connectivity index (χ4n) is 6.83. The van der Waals surface area contributed by atoms with Crippen LogP contribution >= 0.6 is 22.6 Å². The molecule has 5 atom stereocenters. The number of nitrogens with zero attached hydrogens (tertiary/aromatic N) is 3. The number of nitrogens with one attached hydrogen (secondary N) is 1. The van der Waals surface area contributed by atoms with Crippen molar-refractivity contribution in [3.05, 3.63) is 46.8 Å². The molecule has 1 saturated heterocycles. The molecule has 0 aromatic heterocycles. The molecule has 0 spiro atoms. The SMILES string of the molecule is COC(=O)[C@H]1CC2=C(CCN(C3CCN(CC4=CN(C(C)(C)C)C[C@@H]4C4=CC(I)[C@H](F)C=C4)CC3)C2=O)N[C@H]1C. The fraction of sp³-hybridized carbons (Fsp3) is 0.677. The summed E-state index contributed by atoms with van der Waals surface area (Å²) in [5, 5.41) is 3.42. The van der Waals surface area contributed by atoms with Crippen LogP contribution in [0.3, 0.4) is 0 Å². The molecule has 220 valence electrons. The predicted molar refractivity (Wildman–Crippen MR) is 163 cm³/mol. The maximum absolute atomic E-state index is 14.1. The Bertz CT molecular complexity index is 1130. The number of likely N-dealkylation sites (tertiary alicyclic amines) is 1. The van der Waals surface area contributed by atoms with Crippen molar-refractivity contribution < 1.29 is 18.7 Å². The van der Waals surface area contributed by atoms with Crippen LogP contribution in [0.2, 0.25) is 0 Å². The monoisotopic (exact) mass is 666 g/mol. The molecule has 1 amide bonds. The molecule has 1 aliphatic carbocycles. The van der Waals surface area contributed by atoms with Gasteiger partial charge in [-0.3, -0.25) is 14.5 Å². The van der Waals surface area contributed by atoms with Crippen molar-refractivity contribution in [1.82, 2.24) is 20.0 Å². The van der Waals surface area contributed by atoms with E-state index in [4.69, 9.17) is 4.74 Å². The number of amides is 1. The summed E-state index contributed by atoms with van der Waals surface area (Å²) in [6.45, 7) is 13.1. The van der Waals surface area contributed by atoms with Gasteiger partial charge in [0.15, 0.2) is 0 Å². The lowest BCUT2D eigenvalue weighted by Gasteiger charge is -2.43. The first-order valence-electron chi connectivity index (χ1n) is 14.7. The van der Waals surface area contributed by atoms with Gasteiger partial charge in [-0.15, -0.1) is 0 Å². The molecule has 7 nitrogen and oxygen atoms in total. The Morgan fingerprint density at radius 1 is 1.23 bits per heavy atom. The van der Waals surface area contributed by atoms with Crippen molar-refractivity contribution >= 4 is 34.5 Å². The number of rotatable bonds is 5. The Balaban J connectivity index is 1.22. The molecule has 0 radical (unpaired) electrons. The van der Waals surface area contributed by atoms with Crippen molar-refractivity contribution in [2.24, 2.45) is 11.8 Å². The Morgan fingerprint density at radius 2 is 1.95 bits per heavy atom. The number of ether oxygens (including phenoxy) is 1. The second-order valence-corrected chi connectivity index (χ2v) is 14.4. The van der Waals surface area contributed by atoms with Gasteiger partial charge in [-0.25, -0.2) is 4.39 Å². The first kappa shape index (κ1) is 29.6. The summed E-state index contributed by atoms with van der Waals surface area (Å²) in [6.07, 6.45) is 10.4. The molecule has 0 bridgehead atoms. The fourth-order valence-corrected chi connectivity index (χ4v) is 7.49. The molecule has 40 heavy (non-hydrogen) atoms. The number of allylic oxidation sites excluding steroid dienone is 3. The van der Waals surface area contributed by atoms with Crippen molar-refractivity contribution in [1.29, 1.82) is 0 Å². The van der Waals surface area contributed by atoms with Crippen molar-refractivity contribution in [2.75, 3.05) is 39.8 Å². The van der Waals surface area contributed by atoms with E-state index in [1.165, 1.54) is 18.3 Å². The minimum Gasteiger partial charge on any atom is -0.469 e. The second-order valence-electron chi connectivity index (χ2n) is 13.0. The van der Waals surface area contributed by atoms with E-state index in [1.807, 2.05) is 13.0 Å². The van der Waals surface area contributed by atoms with E-state index in [0.29, 0.717) is 6.42 Å². The third-order valence-corrected chi connectivity index (χ3v) is 10.4. The molecule has 9 heteroatoms. The summed E-state index contributed by atoms with van der Waals surface area (Å²) in [7, 11) is 1.41. The average Bonchev–Trinajstić information content (AvgIpc) is 3.35. The summed E-state index contributed by atoms with van der Waals surface area (Å²) >= 11 is 2.20. The number of piperidine rings is 1. The van der Waals surface area contributed by atoms with Gasteiger partial charge in [0.1, 0.15) is 6.17 Å².